The number of anilines is 2. The van der Waals surface area contributed by atoms with Crippen LogP contribution in [0.3, 0.4) is 0 Å². The van der Waals surface area contributed by atoms with Gasteiger partial charge < -0.3 is 15.4 Å². The monoisotopic (exact) mass is 346 g/mol. The summed E-state index contributed by atoms with van der Waals surface area (Å²) in [5.74, 6) is 0.689. The van der Waals surface area contributed by atoms with E-state index in [1.54, 1.807) is 11.8 Å². The van der Waals surface area contributed by atoms with E-state index < -0.39 is 6.10 Å². The molecular weight excluding hydrogens is 324 g/mol. The summed E-state index contributed by atoms with van der Waals surface area (Å²) in [4.78, 5) is 14.6. The van der Waals surface area contributed by atoms with Crippen LogP contribution < -0.4 is 15.4 Å². The number of halogens is 1. The molecule has 3 rings (SSSR count). The molecule has 0 saturated carbocycles. The number of ether oxygens (including phenoxy) is 1. The van der Waals surface area contributed by atoms with E-state index in [1.165, 1.54) is 0 Å². The number of benzene rings is 2. The maximum Gasteiger partial charge on any atom is 0.267 e. The summed E-state index contributed by atoms with van der Waals surface area (Å²) in [6, 6.07) is 13.5. The van der Waals surface area contributed by atoms with Crippen LogP contribution in [0, 0.1) is 6.92 Å². The van der Waals surface area contributed by atoms with Gasteiger partial charge in [-0.3, -0.25) is 4.79 Å². The van der Waals surface area contributed by atoms with Gasteiger partial charge in [0.2, 0.25) is 0 Å². The number of amides is 1. The predicted octanol–water partition coefficient (Wildman–Crippen LogP) is 3.75. The molecule has 0 aliphatic carbocycles. The highest BCUT2D eigenvalue weighted by Crippen LogP contribution is 2.32. The van der Waals surface area contributed by atoms with Crippen molar-refractivity contribution in [1.82, 2.24) is 0 Å². The maximum absolute atomic E-state index is 12.8. The number of nitrogen functional groups attached to an aromatic ring is 1. The third-order valence-corrected chi connectivity index (χ3v) is 4.20. The summed E-state index contributed by atoms with van der Waals surface area (Å²) in [7, 11) is 0. The molecule has 1 atom stereocenters. The quantitative estimate of drug-likeness (QED) is 0.861. The summed E-state index contributed by atoms with van der Waals surface area (Å²) >= 11 is 0. The van der Waals surface area contributed by atoms with Crippen LogP contribution in [0.4, 0.5) is 11.4 Å². The number of aryl methyl sites for hydroxylation is 1. The second-order valence-electron chi connectivity index (χ2n) is 6.01. The van der Waals surface area contributed by atoms with Crippen molar-refractivity contribution in [2.24, 2.45) is 0 Å². The number of hydrogen-bond acceptors (Lipinski definition) is 3. The molecule has 5 heteroatoms. The van der Waals surface area contributed by atoms with E-state index in [4.69, 9.17) is 10.5 Å². The zero-order chi connectivity index (χ0) is 16.4. The van der Waals surface area contributed by atoms with E-state index in [0.29, 0.717) is 6.54 Å². The predicted molar refractivity (Wildman–Crippen MR) is 100 cm³/mol. The normalized spacial score (nSPS) is 14.3. The number of rotatable bonds is 3. The van der Waals surface area contributed by atoms with Crippen molar-refractivity contribution in [3.8, 4) is 5.75 Å². The van der Waals surface area contributed by atoms with Crippen molar-refractivity contribution in [1.29, 1.82) is 0 Å². The van der Waals surface area contributed by atoms with Gasteiger partial charge in [0.25, 0.3) is 5.91 Å². The van der Waals surface area contributed by atoms with Crippen LogP contribution in [0.1, 0.15) is 24.5 Å². The second kappa shape index (κ2) is 7.58. The van der Waals surface area contributed by atoms with Crippen molar-refractivity contribution in [2.75, 3.05) is 17.2 Å². The van der Waals surface area contributed by atoms with Gasteiger partial charge in [-0.1, -0.05) is 18.2 Å². The first kappa shape index (κ1) is 18.1. The van der Waals surface area contributed by atoms with E-state index in [0.717, 1.165) is 41.1 Å². The first-order valence-electron chi connectivity index (χ1n) is 7.98. The highest BCUT2D eigenvalue weighted by atomic mass is 35.5. The molecule has 2 aromatic rings. The van der Waals surface area contributed by atoms with Crippen molar-refractivity contribution in [3.63, 3.8) is 0 Å². The highest BCUT2D eigenvalue weighted by Gasteiger charge is 2.28. The van der Waals surface area contributed by atoms with Crippen molar-refractivity contribution in [3.05, 3.63) is 53.6 Å². The summed E-state index contributed by atoms with van der Waals surface area (Å²) in [6.45, 7) is 4.51. The van der Waals surface area contributed by atoms with Gasteiger partial charge in [0.1, 0.15) is 5.75 Å². The first-order chi connectivity index (χ1) is 11.1. The molecule has 1 aliphatic heterocycles. The minimum Gasteiger partial charge on any atom is -0.481 e. The van der Waals surface area contributed by atoms with Gasteiger partial charge in [-0.25, -0.2) is 0 Å². The van der Waals surface area contributed by atoms with E-state index in [9.17, 15) is 4.79 Å². The number of carbonyl (C=O) groups is 1. The standard InChI is InChI=1S/C19H22N2O2.ClH/c1-13-6-3-7-15(12-13)23-14(2)19(22)21-11-5-8-16-17(20)9-4-10-18(16)21;/h3-4,6-7,9-10,12,14H,5,8,11,20H2,1-2H3;1H. The number of hydrogen-bond donors (Lipinski definition) is 1. The Labute approximate surface area is 149 Å². The molecule has 0 bridgehead atoms. The lowest BCUT2D eigenvalue weighted by Gasteiger charge is -2.32. The maximum atomic E-state index is 12.8. The average Bonchev–Trinajstić information content (AvgIpc) is 2.54. The summed E-state index contributed by atoms with van der Waals surface area (Å²) < 4.78 is 5.83. The molecule has 1 unspecified atom stereocenters. The molecule has 24 heavy (non-hydrogen) atoms. The smallest absolute Gasteiger partial charge is 0.267 e. The summed E-state index contributed by atoms with van der Waals surface area (Å²) in [5, 5.41) is 0. The van der Waals surface area contributed by atoms with E-state index in [1.807, 2.05) is 49.4 Å². The first-order valence-corrected chi connectivity index (χ1v) is 7.98. The number of nitrogens with two attached hydrogens (primary N) is 1. The Morgan fingerprint density at radius 1 is 1.25 bits per heavy atom. The lowest BCUT2D eigenvalue weighted by Crippen LogP contribution is -2.43. The molecule has 2 aromatic carbocycles. The van der Waals surface area contributed by atoms with Gasteiger partial charge in [-0.15, -0.1) is 12.4 Å². The Morgan fingerprint density at radius 2 is 2.00 bits per heavy atom. The van der Waals surface area contributed by atoms with E-state index in [2.05, 4.69) is 0 Å². The van der Waals surface area contributed by atoms with Crippen LogP contribution in [-0.4, -0.2) is 18.6 Å². The largest absolute Gasteiger partial charge is 0.481 e. The van der Waals surface area contributed by atoms with Crippen molar-refractivity contribution in [2.45, 2.75) is 32.8 Å². The Kier molecular flexibility index (Phi) is 5.73. The summed E-state index contributed by atoms with van der Waals surface area (Å²) in [6.07, 6.45) is 1.30. The van der Waals surface area contributed by atoms with E-state index >= 15 is 0 Å². The van der Waals surface area contributed by atoms with Gasteiger partial charge in [-0.2, -0.15) is 0 Å². The van der Waals surface area contributed by atoms with Gasteiger partial charge >= 0.3 is 0 Å². The van der Waals surface area contributed by atoms with E-state index in [-0.39, 0.29) is 18.3 Å². The van der Waals surface area contributed by atoms with Crippen LogP contribution in [-0.2, 0) is 11.2 Å². The third-order valence-electron chi connectivity index (χ3n) is 4.20. The molecule has 0 aromatic heterocycles. The second-order valence-corrected chi connectivity index (χ2v) is 6.01. The highest BCUT2D eigenvalue weighted by molar-refractivity contribution is 5.98. The molecule has 0 spiro atoms. The van der Waals surface area contributed by atoms with Crippen molar-refractivity contribution >= 4 is 29.7 Å². The fourth-order valence-corrected chi connectivity index (χ4v) is 3.04. The lowest BCUT2D eigenvalue weighted by atomic mass is 9.99. The fourth-order valence-electron chi connectivity index (χ4n) is 3.04. The SMILES string of the molecule is Cc1cccc(OC(C)C(=O)N2CCCc3c(N)cccc32)c1.Cl. The Hall–Kier alpha value is -2.20. The topological polar surface area (TPSA) is 55.6 Å². The van der Waals surface area contributed by atoms with Crippen LogP contribution in [0.5, 0.6) is 5.75 Å². The Bertz CT molecular complexity index is 733. The zero-order valence-corrected chi connectivity index (χ0v) is 14.8. The van der Waals surface area contributed by atoms with Gasteiger partial charge in [0.15, 0.2) is 6.10 Å². The van der Waals surface area contributed by atoms with Crippen molar-refractivity contribution < 1.29 is 9.53 Å². The number of nitrogens with zero attached hydrogens (tertiary/aromatic N) is 1. The van der Waals surface area contributed by atoms with Gasteiger partial charge in [-0.05, 0) is 62.1 Å². The van der Waals surface area contributed by atoms with Crippen LogP contribution in [0.15, 0.2) is 42.5 Å². The van der Waals surface area contributed by atoms with Gasteiger partial charge in [0, 0.05) is 17.9 Å². The molecule has 1 heterocycles. The Morgan fingerprint density at radius 3 is 2.75 bits per heavy atom. The molecular formula is C19H23ClN2O2. The number of carbonyl (C=O) groups excluding carboxylic acids is 1. The summed E-state index contributed by atoms with van der Waals surface area (Å²) in [5.41, 5.74) is 9.90. The fraction of sp³-hybridized carbons (Fsp3) is 0.316. The van der Waals surface area contributed by atoms with Crippen LogP contribution in [0.2, 0.25) is 0 Å². The molecule has 1 aliphatic rings. The minimum absolute atomic E-state index is 0. The average molecular weight is 347 g/mol. The van der Waals surface area contributed by atoms with Crippen LogP contribution >= 0.6 is 12.4 Å². The zero-order valence-electron chi connectivity index (χ0n) is 14.0. The van der Waals surface area contributed by atoms with Crippen LogP contribution in [0.25, 0.3) is 0 Å². The Balaban J connectivity index is 0.00000208. The minimum atomic E-state index is -0.538. The van der Waals surface area contributed by atoms with Gasteiger partial charge in [0.05, 0.1) is 0 Å². The number of fused-ring (bicyclic) bond motifs is 1. The molecule has 1 amide bonds. The lowest BCUT2D eigenvalue weighted by molar-refractivity contribution is -0.124. The molecule has 128 valence electrons. The molecule has 0 fully saturated rings. The molecule has 0 saturated heterocycles. The molecule has 4 nitrogen and oxygen atoms in total. The molecule has 0 radical (unpaired) electrons. The molecule has 2 N–H and O–H groups in total. The third kappa shape index (κ3) is 3.65.